The summed E-state index contributed by atoms with van der Waals surface area (Å²) in [6.45, 7) is 1.82. The van der Waals surface area contributed by atoms with Crippen molar-refractivity contribution in [3.63, 3.8) is 0 Å². The van der Waals surface area contributed by atoms with Gasteiger partial charge in [-0.25, -0.2) is 9.37 Å². The first kappa shape index (κ1) is 18.5. The molecule has 0 unspecified atom stereocenters. The highest BCUT2D eigenvalue weighted by Gasteiger charge is 2.17. The molecule has 3 aromatic carbocycles. The van der Waals surface area contributed by atoms with Gasteiger partial charge in [0, 0.05) is 16.3 Å². The highest BCUT2D eigenvalue weighted by atomic mass is 35.5. The van der Waals surface area contributed by atoms with E-state index in [9.17, 15) is 9.18 Å². The van der Waals surface area contributed by atoms with Gasteiger partial charge < -0.3 is 9.73 Å². The number of rotatable bonds is 3. The maximum absolute atomic E-state index is 13.9. The number of carbonyl (C=O) groups excluding carboxylic acids is 1. The Bertz CT molecular complexity index is 1220. The van der Waals surface area contributed by atoms with Gasteiger partial charge in [0.2, 0.25) is 5.89 Å². The SMILES string of the molecule is Cc1c(NC(=O)c2ccccc2F)cccc1-c1nc2cc(Cl)cc(Cl)c2o1. The number of nitrogens with zero attached hydrogens (tertiary/aromatic N) is 1. The number of nitrogens with one attached hydrogen (secondary N) is 1. The molecule has 0 aliphatic carbocycles. The number of halogens is 3. The van der Waals surface area contributed by atoms with Crippen molar-refractivity contribution in [3.05, 3.63) is 81.6 Å². The number of oxazole rings is 1. The predicted octanol–water partition coefficient (Wildman–Crippen LogP) is 6.50. The number of fused-ring (bicyclic) bond motifs is 1. The van der Waals surface area contributed by atoms with E-state index in [-0.39, 0.29) is 5.56 Å². The minimum atomic E-state index is -0.584. The smallest absolute Gasteiger partial charge is 0.258 e. The van der Waals surface area contributed by atoms with Crippen LogP contribution in [0.1, 0.15) is 15.9 Å². The number of aromatic nitrogens is 1. The summed E-state index contributed by atoms with van der Waals surface area (Å²) in [7, 11) is 0. The molecule has 0 spiro atoms. The molecule has 0 saturated heterocycles. The van der Waals surface area contributed by atoms with Crippen LogP contribution in [0.25, 0.3) is 22.6 Å². The standard InChI is InChI=1S/C21H13Cl2FN2O2/c1-11-13(21-26-18-10-12(22)9-15(23)19(18)28-21)6-4-8-17(11)25-20(27)14-5-2-3-7-16(14)24/h2-10H,1H3,(H,25,27). The molecule has 1 heterocycles. The molecule has 140 valence electrons. The second-order valence-electron chi connectivity index (χ2n) is 6.17. The minimum Gasteiger partial charge on any atom is -0.434 e. The van der Waals surface area contributed by atoms with Gasteiger partial charge in [0.15, 0.2) is 5.58 Å². The lowest BCUT2D eigenvalue weighted by Gasteiger charge is -2.11. The van der Waals surface area contributed by atoms with Crippen LogP contribution in [-0.2, 0) is 0 Å². The summed E-state index contributed by atoms with van der Waals surface area (Å²) in [4.78, 5) is 16.9. The maximum atomic E-state index is 13.9. The van der Waals surface area contributed by atoms with Crippen molar-refractivity contribution in [1.82, 2.24) is 4.98 Å². The highest BCUT2D eigenvalue weighted by Crippen LogP contribution is 2.34. The maximum Gasteiger partial charge on any atom is 0.258 e. The van der Waals surface area contributed by atoms with E-state index in [1.807, 2.05) is 13.0 Å². The van der Waals surface area contributed by atoms with E-state index >= 15 is 0 Å². The molecule has 28 heavy (non-hydrogen) atoms. The predicted molar refractivity (Wildman–Crippen MR) is 109 cm³/mol. The Morgan fingerprint density at radius 2 is 1.89 bits per heavy atom. The third kappa shape index (κ3) is 3.35. The summed E-state index contributed by atoms with van der Waals surface area (Å²) in [6, 6.07) is 14.3. The number of benzene rings is 3. The number of hydrogen-bond acceptors (Lipinski definition) is 3. The molecule has 4 nitrogen and oxygen atoms in total. The topological polar surface area (TPSA) is 55.1 Å². The minimum absolute atomic E-state index is 0.0319. The monoisotopic (exact) mass is 414 g/mol. The van der Waals surface area contributed by atoms with Crippen LogP contribution >= 0.6 is 23.2 Å². The zero-order chi connectivity index (χ0) is 19.8. The van der Waals surface area contributed by atoms with Gasteiger partial charge in [-0.05, 0) is 48.9 Å². The van der Waals surface area contributed by atoms with Gasteiger partial charge in [0.25, 0.3) is 5.91 Å². The molecule has 4 rings (SSSR count). The normalized spacial score (nSPS) is 11.0. The molecule has 0 bridgehead atoms. The molecule has 7 heteroatoms. The molecule has 0 saturated carbocycles. The van der Waals surface area contributed by atoms with Gasteiger partial charge in [-0.15, -0.1) is 0 Å². The Morgan fingerprint density at radius 3 is 2.68 bits per heavy atom. The van der Waals surface area contributed by atoms with E-state index in [2.05, 4.69) is 10.3 Å². The number of amides is 1. The molecular weight excluding hydrogens is 402 g/mol. The molecule has 0 fully saturated rings. The van der Waals surface area contributed by atoms with Crippen LogP contribution in [-0.4, -0.2) is 10.9 Å². The van der Waals surface area contributed by atoms with Crippen LogP contribution in [0.4, 0.5) is 10.1 Å². The summed E-state index contributed by atoms with van der Waals surface area (Å²) in [5.74, 6) is -0.774. The lowest BCUT2D eigenvalue weighted by molar-refractivity contribution is 0.102. The Kier molecular flexibility index (Phi) is 4.79. The van der Waals surface area contributed by atoms with Crippen LogP contribution < -0.4 is 5.32 Å². The van der Waals surface area contributed by atoms with E-state index in [1.54, 1.807) is 30.3 Å². The molecular formula is C21H13Cl2FN2O2. The highest BCUT2D eigenvalue weighted by molar-refractivity contribution is 6.38. The molecule has 0 atom stereocenters. The fraction of sp³-hybridized carbons (Fsp3) is 0.0476. The Balaban J connectivity index is 1.72. The Hall–Kier alpha value is -2.89. The van der Waals surface area contributed by atoms with Crippen LogP contribution in [0.2, 0.25) is 10.0 Å². The summed E-state index contributed by atoms with van der Waals surface area (Å²) in [6.07, 6.45) is 0. The van der Waals surface area contributed by atoms with Gasteiger partial charge in [-0.3, -0.25) is 4.79 Å². The van der Waals surface area contributed by atoms with Crippen LogP contribution in [0.5, 0.6) is 0 Å². The van der Waals surface area contributed by atoms with E-state index < -0.39 is 11.7 Å². The fourth-order valence-electron chi connectivity index (χ4n) is 2.91. The van der Waals surface area contributed by atoms with E-state index in [0.717, 1.165) is 5.56 Å². The van der Waals surface area contributed by atoms with Crippen molar-refractivity contribution >= 4 is 45.9 Å². The quantitative estimate of drug-likeness (QED) is 0.416. The number of carbonyl (C=O) groups is 1. The van der Waals surface area contributed by atoms with Crippen molar-refractivity contribution in [2.45, 2.75) is 6.92 Å². The van der Waals surface area contributed by atoms with Gasteiger partial charge in [-0.1, -0.05) is 41.4 Å². The van der Waals surface area contributed by atoms with Crippen molar-refractivity contribution < 1.29 is 13.6 Å². The number of hydrogen-bond donors (Lipinski definition) is 1. The molecule has 4 aromatic rings. The Morgan fingerprint density at radius 1 is 1.11 bits per heavy atom. The van der Waals surface area contributed by atoms with Gasteiger partial charge in [0.1, 0.15) is 11.3 Å². The lowest BCUT2D eigenvalue weighted by Crippen LogP contribution is -2.14. The summed E-state index contributed by atoms with van der Waals surface area (Å²) < 4.78 is 19.7. The van der Waals surface area contributed by atoms with Gasteiger partial charge >= 0.3 is 0 Å². The summed E-state index contributed by atoms with van der Waals surface area (Å²) in [5, 5.41) is 3.56. The second-order valence-corrected chi connectivity index (χ2v) is 7.01. The van der Waals surface area contributed by atoms with Crippen molar-refractivity contribution in [2.75, 3.05) is 5.32 Å². The van der Waals surface area contributed by atoms with E-state index in [4.69, 9.17) is 27.6 Å². The van der Waals surface area contributed by atoms with Crippen LogP contribution in [0, 0.1) is 12.7 Å². The van der Waals surface area contributed by atoms with Crippen molar-refractivity contribution in [3.8, 4) is 11.5 Å². The summed E-state index contributed by atoms with van der Waals surface area (Å²) in [5.41, 5.74) is 2.86. The average Bonchev–Trinajstić information content (AvgIpc) is 3.08. The number of anilines is 1. The first-order chi connectivity index (χ1) is 13.4. The first-order valence-electron chi connectivity index (χ1n) is 8.35. The fourth-order valence-corrected chi connectivity index (χ4v) is 3.43. The first-order valence-corrected chi connectivity index (χ1v) is 9.11. The molecule has 0 aliphatic rings. The zero-order valence-electron chi connectivity index (χ0n) is 14.6. The molecule has 0 aliphatic heterocycles. The Labute approximate surface area is 169 Å². The largest absolute Gasteiger partial charge is 0.434 e. The van der Waals surface area contributed by atoms with Crippen molar-refractivity contribution in [2.24, 2.45) is 0 Å². The third-order valence-corrected chi connectivity index (χ3v) is 4.84. The van der Waals surface area contributed by atoms with Gasteiger partial charge in [0.05, 0.1) is 10.6 Å². The van der Waals surface area contributed by atoms with Crippen molar-refractivity contribution in [1.29, 1.82) is 0 Å². The zero-order valence-corrected chi connectivity index (χ0v) is 16.1. The third-order valence-electron chi connectivity index (χ3n) is 4.34. The van der Waals surface area contributed by atoms with E-state index in [1.165, 1.54) is 18.2 Å². The lowest BCUT2D eigenvalue weighted by atomic mass is 10.1. The second kappa shape index (κ2) is 7.26. The molecule has 0 radical (unpaired) electrons. The van der Waals surface area contributed by atoms with E-state index in [0.29, 0.717) is 38.3 Å². The van der Waals surface area contributed by atoms with Crippen LogP contribution in [0.3, 0.4) is 0 Å². The molecule has 1 N–H and O–H groups in total. The average molecular weight is 415 g/mol. The summed E-state index contributed by atoms with van der Waals surface area (Å²) >= 11 is 12.2. The molecule has 1 amide bonds. The van der Waals surface area contributed by atoms with Gasteiger partial charge in [-0.2, -0.15) is 0 Å². The molecule has 1 aromatic heterocycles. The van der Waals surface area contributed by atoms with Crippen LogP contribution in [0.15, 0.2) is 59.0 Å².